The van der Waals surface area contributed by atoms with E-state index >= 15 is 0 Å². The standard InChI is InChI=1S/C22H24NO8P/c1-12-5-3-4-6-13(12)18-9-15(24)21-16(25)10-19(31-32(27,28)29)20(22(21)30-18)14-7-8-23(2)11-17(14)26/h3-6,9-10,14,17,25-26H,7-8,11H2,1-2H3,(H2,27,28,29). The molecule has 10 heteroatoms. The molecule has 4 rings (SSSR count). The van der Waals surface area contributed by atoms with Gasteiger partial charge in [-0.05, 0) is 32.5 Å². The molecule has 0 radical (unpaired) electrons. The number of aliphatic hydroxyl groups is 1. The summed E-state index contributed by atoms with van der Waals surface area (Å²) in [6, 6.07) is 9.52. The van der Waals surface area contributed by atoms with Crippen molar-refractivity contribution in [1.29, 1.82) is 0 Å². The minimum Gasteiger partial charge on any atom is -0.507 e. The molecule has 1 aliphatic heterocycles. The second-order valence-electron chi connectivity index (χ2n) is 8.11. The lowest BCUT2D eigenvalue weighted by atomic mass is 9.85. The first-order chi connectivity index (χ1) is 15.0. The number of likely N-dealkylation sites (N-methyl/N-ethyl adjacent to an activating group) is 1. The van der Waals surface area contributed by atoms with Crippen LogP contribution >= 0.6 is 7.82 Å². The number of phosphoric ester groups is 1. The van der Waals surface area contributed by atoms with Crippen molar-refractivity contribution in [3.63, 3.8) is 0 Å². The summed E-state index contributed by atoms with van der Waals surface area (Å²) in [5.74, 6) is -1.26. The van der Waals surface area contributed by atoms with Crippen LogP contribution in [0.1, 0.15) is 23.5 Å². The molecule has 0 spiro atoms. The van der Waals surface area contributed by atoms with Crippen molar-refractivity contribution in [2.45, 2.75) is 25.4 Å². The molecule has 2 unspecified atom stereocenters. The number of piperidine rings is 1. The summed E-state index contributed by atoms with van der Waals surface area (Å²) in [4.78, 5) is 33.8. The van der Waals surface area contributed by atoms with E-state index < -0.39 is 31.0 Å². The molecule has 32 heavy (non-hydrogen) atoms. The minimum absolute atomic E-state index is 0.0622. The van der Waals surface area contributed by atoms with Gasteiger partial charge in [0.05, 0.1) is 6.10 Å². The van der Waals surface area contributed by atoms with Crippen molar-refractivity contribution in [2.75, 3.05) is 20.1 Å². The molecule has 1 saturated heterocycles. The lowest BCUT2D eigenvalue weighted by molar-refractivity contribution is 0.0632. The maximum atomic E-state index is 13.0. The van der Waals surface area contributed by atoms with E-state index in [1.165, 1.54) is 6.07 Å². The molecule has 1 aliphatic rings. The van der Waals surface area contributed by atoms with Crippen molar-refractivity contribution in [2.24, 2.45) is 0 Å². The summed E-state index contributed by atoms with van der Waals surface area (Å²) in [6.07, 6.45) is -0.485. The van der Waals surface area contributed by atoms with Gasteiger partial charge in [0.1, 0.15) is 28.2 Å². The summed E-state index contributed by atoms with van der Waals surface area (Å²) in [6.45, 7) is 2.76. The highest BCUT2D eigenvalue weighted by molar-refractivity contribution is 7.46. The number of nitrogens with zero attached hydrogens (tertiary/aromatic N) is 1. The molecule has 0 aliphatic carbocycles. The number of benzene rings is 2. The lowest BCUT2D eigenvalue weighted by Crippen LogP contribution is -2.40. The molecule has 2 atom stereocenters. The quantitative estimate of drug-likeness (QED) is 0.432. The van der Waals surface area contributed by atoms with Gasteiger partial charge in [0.2, 0.25) is 0 Å². The Morgan fingerprint density at radius 2 is 1.94 bits per heavy atom. The summed E-state index contributed by atoms with van der Waals surface area (Å²) < 4.78 is 22.6. The summed E-state index contributed by atoms with van der Waals surface area (Å²) in [7, 11) is -3.16. The molecule has 0 saturated carbocycles. The van der Waals surface area contributed by atoms with E-state index in [1.807, 2.05) is 31.0 Å². The van der Waals surface area contributed by atoms with Crippen molar-refractivity contribution >= 4 is 18.8 Å². The van der Waals surface area contributed by atoms with Crippen LogP contribution < -0.4 is 9.95 Å². The monoisotopic (exact) mass is 461 g/mol. The van der Waals surface area contributed by atoms with Crippen molar-refractivity contribution in [3.05, 3.63) is 57.7 Å². The van der Waals surface area contributed by atoms with Gasteiger partial charge >= 0.3 is 7.82 Å². The number of fused-ring (bicyclic) bond motifs is 1. The molecule has 2 heterocycles. The number of phenolic OH excluding ortho intramolecular Hbond substituents is 1. The zero-order chi connectivity index (χ0) is 23.2. The van der Waals surface area contributed by atoms with Crippen LogP contribution in [0, 0.1) is 6.92 Å². The third-order valence-corrected chi connectivity index (χ3v) is 6.20. The Labute approximate surface area is 183 Å². The zero-order valence-electron chi connectivity index (χ0n) is 17.6. The molecule has 1 fully saturated rings. The first-order valence-corrected chi connectivity index (χ1v) is 11.6. The minimum atomic E-state index is -5.01. The number of likely N-dealkylation sites (tertiary alicyclic amines) is 1. The molecular formula is C22H24NO8P. The number of aliphatic hydroxyl groups excluding tert-OH is 1. The van der Waals surface area contributed by atoms with Gasteiger partial charge < -0.3 is 24.1 Å². The maximum Gasteiger partial charge on any atom is 0.524 e. The Bertz CT molecular complexity index is 1280. The van der Waals surface area contributed by atoms with Crippen LogP contribution in [-0.2, 0) is 4.57 Å². The number of aryl methyl sites for hydroxylation is 1. The van der Waals surface area contributed by atoms with Crippen LogP contribution in [0.3, 0.4) is 0 Å². The fourth-order valence-corrected chi connectivity index (χ4v) is 4.68. The molecule has 9 nitrogen and oxygen atoms in total. The summed E-state index contributed by atoms with van der Waals surface area (Å²) in [5.41, 5.74) is 1.07. The first-order valence-electron chi connectivity index (χ1n) is 10.1. The largest absolute Gasteiger partial charge is 0.524 e. The van der Waals surface area contributed by atoms with Crippen LogP contribution in [-0.4, -0.2) is 51.1 Å². The maximum absolute atomic E-state index is 13.0. The van der Waals surface area contributed by atoms with Crippen molar-refractivity contribution in [3.8, 4) is 22.8 Å². The number of rotatable bonds is 4. The molecule has 1 aromatic heterocycles. The van der Waals surface area contributed by atoms with Gasteiger partial charge in [-0.2, -0.15) is 0 Å². The number of phosphoric acid groups is 1. The van der Waals surface area contributed by atoms with Crippen LogP contribution in [0.25, 0.3) is 22.3 Å². The van der Waals surface area contributed by atoms with Gasteiger partial charge in [-0.25, -0.2) is 4.57 Å². The van der Waals surface area contributed by atoms with Crippen molar-refractivity contribution < 1.29 is 33.5 Å². The number of hydrogen-bond acceptors (Lipinski definition) is 7. The Hall–Kier alpha value is -2.68. The van der Waals surface area contributed by atoms with Gasteiger partial charge in [-0.15, -0.1) is 0 Å². The third-order valence-electron chi connectivity index (χ3n) is 5.77. The van der Waals surface area contributed by atoms with E-state index in [-0.39, 0.29) is 28.0 Å². The van der Waals surface area contributed by atoms with Crippen LogP contribution in [0.15, 0.2) is 45.6 Å². The van der Waals surface area contributed by atoms with E-state index in [4.69, 9.17) is 8.94 Å². The number of aromatic hydroxyl groups is 1. The number of hydrogen-bond donors (Lipinski definition) is 4. The topological polar surface area (TPSA) is 141 Å². The zero-order valence-corrected chi connectivity index (χ0v) is 18.5. The smallest absolute Gasteiger partial charge is 0.507 e. The highest BCUT2D eigenvalue weighted by atomic mass is 31.2. The van der Waals surface area contributed by atoms with Gasteiger partial charge in [0.15, 0.2) is 5.43 Å². The second-order valence-corrected chi connectivity index (χ2v) is 9.27. The summed E-state index contributed by atoms with van der Waals surface area (Å²) in [5, 5.41) is 21.1. The highest BCUT2D eigenvalue weighted by Gasteiger charge is 2.35. The van der Waals surface area contributed by atoms with Crippen LogP contribution in [0.4, 0.5) is 0 Å². The molecule has 3 aromatic rings. The number of phenols is 1. The lowest BCUT2D eigenvalue weighted by Gasteiger charge is -2.34. The number of β-amino-alcohol motifs (C(OH)–C–C–N with tert-alkyl or cyclic N) is 1. The fourth-order valence-electron chi connectivity index (χ4n) is 4.28. The van der Waals surface area contributed by atoms with E-state index in [1.54, 1.807) is 12.1 Å². The van der Waals surface area contributed by atoms with Gasteiger partial charge in [-0.1, -0.05) is 24.3 Å². The normalized spacial score (nSPS) is 19.9. The van der Waals surface area contributed by atoms with E-state index in [2.05, 4.69) is 0 Å². The van der Waals surface area contributed by atoms with Gasteiger partial charge in [-0.3, -0.25) is 14.6 Å². The molecule has 170 valence electrons. The average Bonchev–Trinajstić information content (AvgIpc) is 2.68. The van der Waals surface area contributed by atoms with E-state index in [9.17, 15) is 29.4 Å². The van der Waals surface area contributed by atoms with Crippen LogP contribution in [0.2, 0.25) is 0 Å². The molecule has 2 aromatic carbocycles. The highest BCUT2D eigenvalue weighted by Crippen LogP contribution is 2.48. The van der Waals surface area contributed by atoms with E-state index in [0.717, 1.165) is 11.6 Å². The van der Waals surface area contributed by atoms with Crippen molar-refractivity contribution in [1.82, 2.24) is 4.90 Å². The molecule has 0 bridgehead atoms. The van der Waals surface area contributed by atoms with Gasteiger partial charge in [0.25, 0.3) is 0 Å². The Balaban J connectivity index is 2.05. The average molecular weight is 461 g/mol. The molecule has 0 amide bonds. The fraction of sp³-hybridized carbons (Fsp3) is 0.318. The molecular weight excluding hydrogens is 437 g/mol. The SMILES string of the molecule is Cc1ccccc1-c1cc(=O)c2c(O)cc(OP(=O)(O)O)c(C3CCN(C)CC3O)c2o1. The predicted molar refractivity (Wildman–Crippen MR) is 118 cm³/mol. The van der Waals surface area contributed by atoms with E-state index in [0.29, 0.717) is 25.1 Å². The summed E-state index contributed by atoms with van der Waals surface area (Å²) >= 11 is 0. The van der Waals surface area contributed by atoms with Gasteiger partial charge in [0, 0.05) is 35.7 Å². The Morgan fingerprint density at radius 1 is 1.22 bits per heavy atom. The third kappa shape index (κ3) is 4.30. The predicted octanol–water partition coefficient (Wildman–Crippen LogP) is 2.73. The Kier molecular flexibility index (Phi) is 5.87. The first kappa shape index (κ1) is 22.5. The van der Waals surface area contributed by atoms with Crippen LogP contribution in [0.5, 0.6) is 11.5 Å². The Morgan fingerprint density at radius 3 is 2.59 bits per heavy atom. The molecule has 4 N–H and O–H groups in total. The second kappa shape index (κ2) is 8.35.